The summed E-state index contributed by atoms with van der Waals surface area (Å²) in [5.41, 5.74) is -0.0298. The number of nitriles is 1. The molecular weight excluding hydrogens is 149 g/mol. The molecular formula is C7H4FNO2. The van der Waals surface area contributed by atoms with Crippen molar-refractivity contribution >= 4 is 0 Å². The Bertz CT molecular complexity index is 307. The summed E-state index contributed by atoms with van der Waals surface area (Å²) < 4.78 is 12.5. The Morgan fingerprint density at radius 2 is 2.00 bits per heavy atom. The third-order valence-corrected chi connectivity index (χ3v) is 1.17. The van der Waals surface area contributed by atoms with Gasteiger partial charge in [0, 0.05) is 6.07 Å². The highest BCUT2D eigenvalue weighted by molar-refractivity contribution is 5.45. The minimum atomic E-state index is -0.999. The average Bonchev–Trinajstić information content (AvgIpc) is 1.99. The van der Waals surface area contributed by atoms with E-state index in [4.69, 9.17) is 15.5 Å². The van der Waals surface area contributed by atoms with Crippen LogP contribution in [0.1, 0.15) is 5.56 Å². The van der Waals surface area contributed by atoms with Gasteiger partial charge in [0.15, 0.2) is 17.3 Å². The van der Waals surface area contributed by atoms with Gasteiger partial charge in [-0.05, 0) is 6.07 Å². The molecule has 1 rings (SSSR count). The van der Waals surface area contributed by atoms with E-state index in [0.717, 1.165) is 12.1 Å². The zero-order valence-corrected chi connectivity index (χ0v) is 5.37. The van der Waals surface area contributed by atoms with Crippen molar-refractivity contribution in [2.45, 2.75) is 0 Å². The first-order chi connectivity index (χ1) is 5.15. The Balaban J connectivity index is 3.35. The highest BCUT2D eigenvalue weighted by atomic mass is 19.1. The first kappa shape index (κ1) is 7.35. The van der Waals surface area contributed by atoms with Crippen LogP contribution in [0.5, 0.6) is 11.5 Å². The van der Waals surface area contributed by atoms with E-state index >= 15 is 0 Å². The SMILES string of the molecule is N#Cc1cc(O)c(O)c(F)c1. The number of aromatic hydroxyl groups is 2. The van der Waals surface area contributed by atoms with Crippen LogP contribution in [-0.2, 0) is 0 Å². The quantitative estimate of drug-likeness (QED) is 0.548. The second-order valence-corrected chi connectivity index (χ2v) is 1.94. The Kier molecular flexibility index (Phi) is 1.65. The standard InChI is InChI=1S/C7H4FNO2/c8-5-1-4(3-9)2-6(10)7(5)11/h1-2,10-11H. The maximum absolute atomic E-state index is 12.5. The molecule has 0 atom stereocenters. The first-order valence-corrected chi connectivity index (χ1v) is 2.76. The number of halogens is 1. The maximum Gasteiger partial charge on any atom is 0.194 e. The van der Waals surface area contributed by atoms with Crippen LogP contribution >= 0.6 is 0 Å². The fourth-order valence-electron chi connectivity index (χ4n) is 0.649. The zero-order valence-electron chi connectivity index (χ0n) is 5.37. The molecule has 2 N–H and O–H groups in total. The van der Waals surface area contributed by atoms with Gasteiger partial charge < -0.3 is 10.2 Å². The van der Waals surface area contributed by atoms with Crippen molar-refractivity contribution in [2.24, 2.45) is 0 Å². The van der Waals surface area contributed by atoms with Gasteiger partial charge >= 0.3 is 0 Å². The van der Waals surface area contributed by atoms with E-state index in [0.29, 0.717) is 0 Å². The van der Waals surface area contributed by atoms with E-state index in [1.54, 1.807) is 6.07 Å². The predicted octanol–water partition coefficient (Wildman–Crippen LogP) is 1.11. The Labute approximate surface area is 61.9 Å². The number of rotatable bonds is 0. The van der Waals surface area contributed by atoms with Gasteiger partial charge in [0.05, 0.1) is 11.6 Å². The molecule has 0 amide bonds. The average molecular weight is 153 g/mol. The van der Waals surface area contributed by atoms with Crippen LogP contribution in [0.25, 0.3) is 0 Å². The minimum absolute atomic E-state index is 0.0298. The third kappa shape index (κ3) is 1.22. The second kappa shape index (κ2) is 2.46. The molecule has 0 radical (unpaired) electrons. The van der Waals surface area contributed by atoms with Crippen molar-refractivity contribution in [1.29, 1.82) is 5.26 Å². The number of benzene rings is 1. The van der Waals surface area contributed by atoms with E-state index in [2.05, 4.69) is 0 Å². The number of nitrogens with zero attached hydrogens (tertiary/aromatic N) is 1. The molecule has 0 fully saturated rings. The fraction of sp³-hybridized carbons (Fsp3) is 0. The van der Waals surface area contributed by atoms with E-state index in [1.165, 1.54) is 0 Å². The maximum atomic E-state index is 12.5. The Hall–Kier alpha value is -1.76. The van der Waals surface area contributed by atoms with Crippen LogP contribution < -0.4 is 0 Å². The van der Waals surface area contributed by atoms with Gasteiger partial charge in [0.2, 0.25) is 0 Å². The summed E-state index contributed by atoms with van der Waals surface area (Å²) >= 11 is 0. The molecule has 0 saturated heterocycles. The molecule has 0 aliphatic carbocycles. The van der Waals surface area contributed by atoms with Crippen LogP contribution in [0, 0.1) is 17.1 Å². The normalized spacial score (nSPS) is 9.09. The van der Waals surface area contributed by atoms with Gasteiger partial charge in [-0.2, -0.15) is 5.26 Å². The lowest BCUT2D eigenvalue weighted by atomic mass is 10.2. The number of phenolic OH excluding ortho intramolecular Hbond substituents is 2. The first-order valence-electron chi connectivity index (χ1n) is 2.76. The number of hydrogen-bond donors (Lipinski definition) is 2. The molecule has 0 aliphatic heterocycles. The van der Waals surface area contributed by atoms with Crippen molar-refractivity contribution in [2.75, 3.05) is 0 Å². The van der Waals surface area contributed by atoms with Crippen LogP contribution in [0.15, 0.2) is 12.1 Å². The highest BCUT2D eigenvalue weighted by Crippen LogP contribution is 2.28. The second-order valence-electron chi connectivity index (χ2n) is 1.94. The van der Waals surface area contributed by atoms with Crippen LogP contribution in [-0.4, -0.2) is 10.2 Å². The lowest BCUT2D eigenvalue weighted by molar-refractivity contribution is 0.379. The summed E-state index contributed by atoms with van der Waals surface area (Å²) in [4.78, 5) is 0. The van der Waals surface area contributed by atoms with E-state index in [1.807, 2.05) is 0 Å². The molecule has 0 spiro atoms. The van der Waals surface area contributed by atoms with Gasteiger partial charge in [0.1, 0.15) is 0 Å². The summed E-state index contributed by atoms with van der Waals surface area (Å²) in [6.07, 6.45) is 0. The topological polar surface area (TPSA) is 64.2 Å². The highest BCUT2D eigenvalue weighted by Gasteiger charge is 2.07. The van der Waals surface area contributed by atoms with Gasteiger partial charge in [-0.15, -0.1) is 0 Å². The van der Waals surface area contributed by atoms with Crippen LogP contribution in [0.2, 0.25) is 0 Å². The molecule has 0 bridgehead atoms. The van der Waals surface area contributed by atoms with Crippen molar-refractivity contribution in [3.8, 4) is 17.6 Å². The molecule has 0 aromatic heterocycles. The lowest BCUT2D eigenvalue weighted by Gasteiger charge is -1.97. The lowest BCUT2D eigenvalue weighted by Crippen LogP contribution is -1.80. The van der Waals surface area contributed by atoms with Gasteiger partial charge in [0.25, 0.3) is 0 Å². The molecule has 56 valence electrons. The number of phenols is 2. The summed E-state index contributed by atoms with van der Waals surface area (Å²) in [6, 6.07) is 3.45. The third-order valence-electron chi connectivity index (χ3n) is 1.17. The van der Waals surface area contributed by atoms with Gasteiger partial charge in [-0.3, -0.25) is 0 Å². The fourth-order valence-corrected chi connectivity index (χ4v) is 0.649. The summed E-state index contributed by atoms with van der Waals surface area (Å²) in [5.74, 6) is -2.45. The molecule has 1 aromatic carbocycles. The smallest absolute Gasteiger partial charge is 0.194 e. The largest absolute Gasteiger partial charge is 0.504 e. The molecule has 1 aromatic rings. The molecule has 0 aliphatic rings. The van der Waals surface area contributed by atoms with Crippen LogP contribution in [0.4, 0.5) is 4.39 Å². The van der Waals surface area contributed by atoms with Crippen molar-refractivity contribution in [3.05, 3.63) is 23.5 Å². The van der Waals surface area contributed by atoms with Crippen molar-refractivity contribution < 1.29 is 14.6 Å². The molecule has 0 heterocycles. The van der Waals surface area contributed by atoms with Crippen molar-refractivity contribution in [3.63, 3.8) is 0 Å². The van der Waals surface area contributed by atoms with Crippen LogP contribution in [0.3, 0.4) is 0 Å². The predicted molar refractivity (Wildman–Crippen MR) is 34.4 cm³/mol. The molecule has 3 nitrogen and oxygen atoms in total. The zero-order chi connectivity index (χ0) is 8.43. The summed E-state index contributed by atoms with van der Waals surface area (Å²) in [7, 11) is 0. The number of hydrogen-bond acceptors (Lipinski definition) is 3. The van der Waals surface area contributed by atoms with Crippen molar-refractivity contribution in [1.82, 2.24) is 0 Å². The summed E-state index contributed by atoms with van der Waals surface area (Å²) in [6.45, 7) is 0. The molecule has 0 unspecified atom stereocenters. The Morgan fingerprint density at radius 3 is 2.45 bits per heavy atom. The van der Waals surface area contributed by atoms with E-state index < -0.39 is 17.3 Å². The Morgan fingerprint density at radius 1 is 1.36 bits per heavy atom. The molecule has 0 saturated carbocycles. The van der Waals surface area contributed by atoms with Gasteiger partial charge in [-0.1, -0.05) is 0 Å². The monoisotopic (exact) mass is 153 g/mol. The minimum Gasteiger partial charge on any atom is -0.504 e. The van der Waals surface area contributed by atoms with E-state index in [-0.39, 0.29) is 5.56 Å². The molecule has 4 heteroatoms. The van der Waals surface area contributed by atoms with Gasteiger partial charge in [-0.25, -0.2) is 4.39 Å². The summed E-state index contributed by atoms with van der Waals surface area (Å²) in [5, 5.41) is 25.7. The molecule has 11 heavy (non-hydrogen) atoms. The van der Waals surface area contributed by atoms with E-state index in [9.17, 15) is 4.39 Å².